The van der Waals surface area contributed by atoms with Crippen molar-refractivity contribution >= 4 is 19.8 Å². The number of carbonyl (C=O) groups excluding carboxylic acids is 2. The minimum Gasteiger partial charge on any atom is -0.462 e. The second-order valence-electron chi connectivity index (χ2n) is 14.5. The Bertz CT molecular complexity index is 996. The zero-order valence-electron chi connectivity index (χ0n) is 32.6. The molecular formula is C39H73O13P. The Morgan fingerprint density at radius 2 is 0.981 bits per heavy atom. The number of carbonyl (C=O) groups is 2. The fourth-order valence-corrected chi connectivity index (χ4v) is 7.18. The molecular weight excluding hydrogens is 707 g/mol. The van der Waals surface area contributed by atoms with Crippen molar-refractivity contribution < 1.29 is 63.1 Å². The van der Waals surface area contributed by atoms with Crippen molar-refractivity contribution in [2.75, 3.05) is 13.2 Å². The van der Waals surface area contributed by atoms with E-state index in [9.17, 15) is 44.6 Å². The maximum Gasteiger partial charge on any atom is 0.472 e. The molecule has 0 amide bonds. The summed E-state index contributed by atoms with van der Waals surface area (Å²) in [6, 6.07) is 0. The fourth-order valence-electron chi connectivity index (χ4n) is 6.21. The Balaban J connectivity index is 2.52. The van der Waals surface area contributed by atoms with Gasteiger partial charge in [0.2, 0.25) is 0 Å². The molecule has 312 valence electrons. The van der Waals surface area contributed by atoms with Gasteiger partial charge in [-0.3, -0.25) is 18.6 Å². The molecule has 6 unspecified atom stereocenters. The van der Waals surface area contributed by atoms with Crippen LogP contribution in [-0.4, -0.2) is 98.3 Å². The van der Waals surface area contributed by atoms with Crippen molar-refractivity contribution in [3.63, 3.8) is 0 Å². The summed E-state index contributed by atoms with van der Waals surface area (Å²) in [5.41, 5.74) is 0. The number of hydrogen-bond acceptors (Lipinski definition) is 12. The first-order chi connectivity index (χ1) is 25.4. The maximum atomic E-state index is 12.7. The molecule has 0 aromatic heterocycles. The lowest BCUT2D eigenvalue weighted by molar-refractivity contribution is -0.220. The fraction of sp³-hybridized carbons (Fsp3) is 0.897. The smallest absolute Gasteiger partial charge is 0.462 e. The molecule has 0 aliphatic heterocycles. The van der Waals surface area contributed by atoms with E-state index >= 15 is 0 Å². The van der Waals surface area contributed by atoms with Crippen LogP contribution in [0.25, 0.3) is 0 Å². The molecule has 1 aliphatic rings. The van der Waals surface area contributed by atoms with Crippen molar-refractivity contribution in [2.45, 2.75) is 211 Å². The van der Waals surface area contributed by atoms with Gasteiger partial charge < -0.3 is 39.9 Å². The Kier molecular flexibility index (Phi) is 28.8. The highest BCUT2D eigenvalue weighted by atomic mass is 31.2. The molecule has 0 aromatic carbocycles. The topological polar surface area (TPSA) is 210 Å². The quantitative estimate of drug-likeness (QED) is 0.0177. The molecule has 0 bridgehead atoms. The molecule has 1 aliphatic carbocycles. The minimum atomic E-state index is -5.11. The Morgan fingerprint density at radius 3 is 1.49 bits per heavy atom. The summed E-state index contributed by atoms with van der Waals surface area (Å²) in [6.07, 6.45) is 15.7. The van der Waals surface area contributed by atoms with Crippen LogP contribution in [0.1, 0.15) is 168 Å². The van der Waals surface area contributed by atoms with Crippen LogP contribution in [0, 0.1) is 0 Å². The summed E-state index contributed by atoms with van der Waals surface area (Å²) < 4.78 is 33.3. The largest absolute Gasteiger partial charge is 0.472 e. The van der Waals surface area contributed by atoms with Crippen molar-refractivity contribution in [1.82, 2.24) is 0 Å². The summed E-state index contributed by atoms with van der Waals surface area (Å²) in [4.78, 5) is 35.5. The maximum absolute atomic E-state index is 12.7. The molecule has 0 radical (unpaired) electrons. The van der Waals surface area contributed by atoms with Gasteiger partial charge in [-0.2, -0.15) is 0 Å². The van der Waals surface area contributed by atoms with Crippen molar-refractivity contribution in [3.8, 4) is 0 Å². The second kappa shape index (κ2) is 30.8. The number of aliphatic hydroxyl groups is 5. The Labute approximate surface area is 318 Å². The lowest BCUT2D eigenvalue weighted by Crippen LogP contribution is -2.64. The summed E-state index contributed by atoms with van der Waals surface area (Å²) in [5, 5.41) is 49.9. The zero-order valence-corrected chi connectivity index (χ0v) is 33.5. The number of phosphoric acid groups is 1. The molecule has 1 saturated carbocycles. The molecule has 1 fully saturated rings. The van der Waals surface area contributed by atoms with Crippen molar-refractivity contribution in [3.05, 3.63) is 12.2 Å². The SMILES string of the molecule is CCCC/C=C/CCCCCCCC(=O)OC[C@H](COP(=O)(O)OC1C(O)C(O)C(O)[C@@H](O)C1O)OC(=O)CCCCCCCCCCCCCCC. The highest BCUT2D eigenvalue weighted by Gasteiger charge is 2.51. The third-order valence-corrected chi connectivity index (χ3v) is 10.6. The normalized spacial score (nSPS) is 23.5. The van der Waals surface area contributed by atoms with Crippen LogP contribution in [-0.2, 0) is 32.7 Å². The number of ether oxygens (including phenoxy) is 2. The number of rotatable bonds is 33. The van der Waals surface area contributed by atoms with E-state index in [2.05, 4.69) is 26.0 Å². The predicted molar refractivity (Wildman–Crippen MR) is 203 cm³/mol. The van der Waals surface area contributed by atoms with E-state index in [0.29, 0.717) is 12.8 Å². The Hall–Kier alpha value is -1.41. The Morgan fingerprint density at radius 1 is 0.566 bits per heavy atom. The average molecular weight is 781 g/mol. The van der Waals surface area contributed by atoms with Gasteiger partial charge in [-0.1, -0.05) is 135 Å². The highest BCUT2D eigenvalue weighted by molar-refractivity contribution is 7.47. The van der Waals surface area contributed by atoms with Gasteiger partial charge in [0, 0.05) is 12.8 Å². The van der Waals surface area contributed by atoms with Crippen LogP contribution in [0.5, 0.6) is 0 Å². The van der Waals surface area contributed by atoms with Gasteiger partial charge in [-0.25, -0.2) is 4.57 Å². The first kappa shape index (κ1) is 49.6. The average Bonchev–Trinajstić information content (AvgIpc) is 3.13. The van der Waals surface area contributed by atoms with E-state index in [1.54, 1.807) is 0 Å². The summed E-state index contributed by atoms with van der Waals surface area (Å²) in [5.74, 6) is -1.11. The standard InChI is InChI=1S/C39H73O13P/c1-3-5-7-9-11-13-15-16-18-20-22-24-26-28-33(41)51-31(29-49-32(40)27-25-23-21-19-17-14-12-10-8-6-4-2)30-50-53(47,48)52-39-37(45)35(43)34(42)36(44)38(39)46/h10,12,31,34-39,42-46H,3-9,11,13-30H2,1-2H3,(H,47,48)/b12-10+/t31-,34?,35-,36?,37?,38?,39?/m1/s1. The van der Waals surface area contributed by atoms with Gasteiger partial charge in [0.25, 0.3) is 0 Å². The number of aliphatic hydroxyl groups excluding tert-OH is 5. The van der Waals surface area contributed by atoms with Gasteiger partial charge in [0.1, 0.15) is 43.2 Å². The molecule has 0 spiro atoms. The third-order valence-electron chi connectivity index (χ3n) is 9.61. The highest BCUT2D eigenvalue weighted by Crippen LogP contribution is 2.47. The van der Waals surface area contributed by atoms with E-state index in [1.807, 2.05) is 0 Å². The first-order valence-electron chi connectivity index (χ1n) is 20.5. The van der Waals surface area contributed by atoms with Crippen LogP contribution >= 0.6 is 7.82 Å². The van der Waals surface area contributed by atoms with Crippen molar-refractivity contribution in [2.24, 2.45) is 0 Å². The summed E-state index contributed by atoms with van der Waals surface area (Å²) in [6.45, 7) is 3.23. The molecule has 1 rings (SSSR count). The van der Waals surface area contributed by atoms with Crippen LogP contribution in [0.15, 0.2) is 12.2 Å². The van der Waals surface area contributed by atoms with E-state index in [4.69, 9.17) is 18.5 Å². The third kappa shape index (κ3) is 24.0. The monoisotopic (exact) mass is 780 g/mol. The number of phosphoric ester groups is 1. The van der Waals surface area contributed by atoms with Crippen LogP contribution < -0.4 is 0 Å². The molecule has 0 heterocycles. The summed E-state index contributed by atoms with van der Waals surface area (Å²) in [7, 11) is -5.11. The number of allylic oxidation sites excluding steroid dienone is 2. The van der Waals surface area contributed by atoms with Gasteiger partial charge in [0.05, 0.1) is 6.61 Å². The van der Waals surface area contributed by atoms with Gasteiger partial charge in [-0.05, 0) is 32.1 Å². The predicted octanol–water partition coefficient (Wildman–Crippen LogP) is 6.72. The zero-order chi connectivity index (χ0) is 39.3. The lowest BCUT2D eigenvalue weighted by Gasteiger charge is -2.41. The minimum absolute atomic E-state index is 0.0998. The van der Waals surface area contributed by atoms with Gasteiger partial charge >= 0.3 is 19.8 Å². The molecule has 13 nitrogen and oxygen atoms in total. The molecule has 53 heavy (non-hydrogen) atoms. The van der Waals surface area contributed by atoms with Gasteiger partial charge in [0.15, 0.2) is 6.10 Å². The van der Waals surface area contributed by atoms with Crippen LogP contribution in [0.2, 0.25) is 0 Å². The summed E-state index contributed by atoms with van der Waals surface area (Å²) >= 11 is 0. The van der Waals surface area contributed by atoms with E-state index in [1.165, 1.54) is 64.2 Å². The first-order valence-corrected chi connectivity index (χ1v) is 22.0. The molecule has 0 saturated heterocycles. The van der Waals surface area contributed by atoms with E-state index in [-0.39, 0.29) is 12.8 Å². The molecule has 14 heteroatoms. The van der Waals surface area contributed by atoms with Crippen LogP contribution in [0.3, 0.4) is 0 Å². The second-order valence-corrected chi connectivity index (χ2v) is 15.9. The number of unbranched alkanes of at least 4 members (excludes halogenated alkanes) is 19. The number of esters is 2. The number of hydrogen-bond donors (Lipinski definition) is 6. The molecule has 0 aromatic rings. The van der Waals surface area contributed by atoms with E-state index < -0.39 is 75.7 Å². The lowest BCUT2D eigenvalue weighted by atomic mass is 9.85. The van der Waals surface area contributed by atoms with Gasteiger partial charge in [-0.15, -0.1) is 0 Å². The molecule has 8 atom stereocenters. The molecule has 6 N–H and O–H groups in total. The van der Waals surface area contributed by atoms with Crippen LogP contribution in [0.4, 0.5) is 0 Å². The van der Waals surface area contributed by atoms with Crippen molar-refractivity contribution in [1.29, 1.82) is 0 Å². The van der Waals surface area contributed by atoms with E-state index in [0.717, 1.165) is 64.2 Å².